The molecule has 10 heteroatoms. The topological polar surface area (TPSA) is 79.5 Å². The van der Waals surface area contributed by atoms with E-state index in [1.165, 1.54) is 0 Å². The van der Waals surface area contributed by atoms with Crippen molar-refractivity contribution < 1.29 is 14.3 Å². The molecule has 0 heterocycles. The van der Waals surface area contributed by atoms with Crippen LogP contribution in [0.5, 0.6) is 5.75 Å². The molecule has 0 aliphatic rings. The zero-order valence-corrected chi connectivity index (χ0v) is 20.1. The van der Waals surface area contributed by atoms with Gasteiger partial charge < -0.3 is 4.74 Å². The average molecular weight is 627 g/mol. The number of ether oxygens (including phenoxy) is 1. The van der Waals surface area contributed by atoms with E-state index in [0.717, 1.165) is 18.1 Å². The second-order valence-electron chi connectivity index (χ2n) is 5.26. The molecule has 0 bridgehead atoms. The van der Waals surface area contributed by atoms with Crippen LogP contribution in [-0.4, -0.2) is 23.5 Å². The Morgan fingerprint density at radius 1 is 1.19 bits per heavy atom. The van der Waals surface area contributed by atoms with E-state index in [1.807, 2.05) is 31.2 Å². The normalized spacial score (nSPS) is 10.1. The highest BCUT2D eigenvalue weighted by Gasteiger charge is 2.12. The number of amides is 2. The zero-order chi connectivity index (χ0) is 20.0. The predicted octanol–water partition coefficient (Wildman–Crippen LogP) is 3.84. The van der Waals surface area contributed by atoms with E-state index in [2.05, 4.69) is 70.6 Å². The van der Waals surface area contributed by atoms with Crippen LogP contribution in [0.1, 0.15) is 15.9 Å². The fourth-order valence-electron chi connectivity index (χ4n) is 2.03. The molecule has 2 rings (SSSR count). The van der Waals surface area contributed by atoms with Gasteiger partial charge in [0.05, 0.1) is 10.0 Å². The molecule has 6 nitrogen and oxygen atoms in total. The standard InChI is InChI=1S/C17H14Br2IN3O3S/c1-9-6-10(18)7-12(19)15(9)26-8-14(24)21-17(27)23-22-16(25)11-4-2-3-5-13(11)20/h2-7H,8H2,1H3,(H,22,25)(H2,21,23,24,27). The summed E-state index contributed by atoms with van der Waals surface area (Å²) in [5, 5.41) is 2.40. The van der Waals surface area contributed by atoms with Crippen molar-refractivity contribution in [1.82, 2.24) is 16.2 Å². The van der Waals surface area contributed by atoms with E-state index in [4.69, 9.17) is 17.0 Å². The summed E-state index contributed by atoms with van der Waals surface area (Å²) in [6, 6.07) is 10.8. The largest absolute Gasteiger partial charge is 0.482 e. The highest BCUT2D eigenvalue weighted by Crippen LogP contribution is 2.32. The molecule has 2 amide bonds. The first-order valence-corrected chi connectivity index (χ1v) is 10.6. The van der Waals surface area contributed by atoms with Crippen molar-refractivity contribution in [3.8, 4) is 5.75 Å². The molecule has 0 spiro atoms. The van der Waals surface area contributed by atoms with E-state index in [-0.39, 0.29) is 17.6 Å². The number of benzene rings is 2. The van der Waals surface area contributed by atoms with E-state index in [9.17, 15) is 9.59 Å². The molecule has 0 aromatic heterocycles. The number of thiocarbonyl (C=S) groups is 1. The SMILES string of the molecule is Cc1cc(Br)cc(Br)c1OCC(=O)NC(=S)NNC(=O)c1ccccc1I. The van der Waals surface area contributed by atoms with Gasteiger partial charge in [0.1, 0.15) is 5.75 Å². The molecular weight excluding hydrogens is 613 g/mol. The molecule has 0 aliphatic carbocycles. The number of halogens is 3. The first-order valence-electron chi connectivity index (χ1n) is 7.51. The summed E-state index contributed by atoms with van der Waals surface area (Å²) in [6.07, 6.45) is 0. The Balaban J connectivity index is 1.81. The number of aryl methyl sites for hydroxylation is 1. The summed E-state index contributed by atoms with van der Waals surface area (Å²) in [5.41, 5.74) is 6.30. The van der Waals surface area contributed by atoms with Gasteiger partial charge in [-0.15, -0.1) is 0 Å². The fraction of sp³-hybridized carbons (Fsp3) is 0.118. The minimum atomic E-state index is -0.453. The van der Waals surface area contributed by atoms with Gasteiger partial charge in [0.25, 0.3) is 11.8 Å². The third-order valence-corrected chi connectivity index (χ3v) is 5.39. The van der Waals surface area contributed by atoms with Crippen molar-refractivity contribution in [2.24, 2.45) is 0 Å². The lowest BCUT2D eigenvalue weighted by Crippen LogP contribution is -2.49. The maximum atomic E-state index is 12.1. The Morgan fingerprint density at radius 2 is 1.89 bits per heavy atom. The van der Waals surface area contributed by atoms with Crippen molar-refractivity contribution in [2.45, 2.75) is 6.92 Å². The summed E-state index contributed by atoms with van der Waals surface area (Å²) in [5.74, 6) is -0.244. The van der Waals surface area contributed by atoms with Crippen molar-refractivity contribution in [3.05, 3.63) is 60.0 Å². The Morgan fingerprint density at radius 3 is 2.56 bits per heavy atom. The van der Waals surface area contributed by atoms with Crippen LogP contribution in [0.2, 0.25) is 0 Å². The first kappa shape index (κ1) is 22.1. The molecule has 2 aromatic rings. The molecular formula is C17H14Br2IN3O3S. The Labute approximate surface area is 192 Å². The van der Waals surface area contributed by atoms with E-state index in [0.29, 0.717) is 11.3 Å². The monoisotopic (exact) mass is 625 g/mol. The number of hydrogen-bond acceptors (Lipinski definition) is 4. The van der Waals surface area contributed by atoms with Gasteiger partial charge in [0.15, 0.2) is 11.7 Å². The third-order valence-electron chi connectivity index (χ3n) is 3.20. The van der Waals surface area contributed by atoms with Crippen molar-refractivity contribution in [1.29, 1.82) is 0 Å². The van der Waals surface area contributed by atoms with Crippen LogP contribution in [0.3, 0.4) is 0 Å². The molecule has 3 N–H and O–H groups in total. The highest BCUT2D eigenvalue weighted by molar-refractivity contribution is 14.1. The molecule has 0 fully saturated rings. The third kappa shape index (κ3) is 6.70. The average Bonchev–Trinajstić information content (AvgIpc) is 2.59. The molecule has 27 heavy (non-hydrogen) atoms. The molecule has 0 radical (unpaired) electrons. The molecule has 0 aliphatic heterocycles. The van der Waals surface area contributed by atoms with Crippen LogP contribution in [-0.2, 0) is 4.79 Å². The van der Waals surface area contributed by atoms with Crippen LogP contribution in [0.15, 0.2) is 45.3 Å². The minimum absolute atomic E-state index is 0.0329. The molecule has 0 saturated heterocycles. The fourth-order valence-corrected chi connectivity index (χ4v) is 4.38. The maximum absolute atomic E-state index is 12.1. The van der Waals surface area contributed by atoms with Crippen LogP contribution in [0, 0.1) is 10.5 Å². The molecule has 2 aromatic carbocycles. The van der Waals surface area contributed by atoms with Gasteiger partial charge in [0, 0.05) is 8.04 Å². The molecule has 0 atom stereocenters. The van der Waals surface area contributed by atoms with Crippen LogP contribution in [0.4, 0.5) is 0 Å². The highest BCUT2D eigenvalue weighted by atomic mass is 127. The van der Waals surface area contributed by atoms with E-state index in [1.54, 1.807) is 12.1 Å². The van der Waals surface area contributed by atoms with Crippen molar-refractivity contribution >= 4 is 83.6 Å². The molecule has 0 saturated carbocycles. The minimum Gasteiger partial charge on any atom is -0.482 e. The second-order valence-corrected chi connectivity index (χ2v) is 8.60. The van der Waals surface area contributed by atoms with Crippen LogP contribution < -0.4 is 20.9 Å². The number of hydrogen-bond donors (Lipinski definition) is 3. The second kappa shape index (κ2) is 10.3. The lowest BCUT2D eigenvalue weighted by Gasteiger charge is -2.13. The van der Waals surface area contributed by atoms with Crippen molar-refractivity contribution in [2.75, 3.05) is 6.61 Å². The number of carbonyl (C=O) groups is 2. The number of carbonyl (C=O) groups excluding carboxylic acids is 2. The number of rotatable bonds is 4. The molecule has 0 unspecified atom stereocenters. The van der Waals surface area contributed by atoms with Gasteiger partial charge in [0.2, 0.25) is 0 Å². The van der Waals surface area contributed by atoms with Gasteiger partial charge in [-0.25, -0.2) is 0 Å². The number of nitrogens with one attached hydrogen (secondary N) is 3. The zero-order valence-electron chi connectivity index (χ0n) is 13.9. The summed E-state index contributed by atoms with van der Waals surface area (Å²) >= 11 is 13.8. The van der Waals surface area contributed by atoms with Crippen LogP contribution >= 0.6 is 66.7 Å². The van der Waals surface area contributed by atoms with Gasteiger partial charge in [-0.05, 0) is 87.5 Å². The van der Waals surface area contributed by atoms with Gasteiger partial charge in [-0.2, -0.15) is 0 Å². The summed E-state index contributed by atoms with van der Waals surface area (Å²) < 4.78 is 7.97. The predicted molar refractivity (Wildman–Crippen MR) is 123 cm³/mol. The molecule has 142 valence electrons. The maximum Gasteiger partial charge on any atom is 0.270 e. The van der Waals surface area contributed by atoms with Crippen molar-refractivity contribution in [3.63, 3.8) is 0 Å². The van der Waals surface area contributed by atoms with E-state index >= 15 is 0 Å². The summed E-state index contributed by atoms with van der Waals surface area (Å²) in [4.78, 5) is 24.1. The quantitative estimate of drug-likeness (QED) is 0.273. The van der Waals surface area contributed by atoms with E-state index < -0.39 is 5.91 Å². The first-order chi connectivity index (χ1) is 12.8. The smallest absolute Gasteiger partial charge is 0.270 e. The van der Waals surface area contributed by atoms with Gasteiger partial charge in [-0.1, -0.05) is 28.1 Å². The Hall–Kier alpha value is -1.24. The summed E-state index contributed by atoms with van der Waals surface area (Å²) in [6.45, 7) is 1.64. The lowest BCUT2D eigenvalue weighted by molar-refractivity contribution is -0.121. The summed E-state index contributed by atoms with van der Waals surface area (Å²) in [7, 11) is 0. The Kier molecular flexibility index (Phi) is 8.45. The van der Waals surface area contributed by atoms with Crippen LogP contribution in [0.25, 0.3) is 0 Å². The lowest BCUT2D eigenvalue weighted by atomic mass is 10.2. The number of hydrazine groups is 1. The Bertz CT molecular complexity index is 872. The van der Waals surface area contributed by atoms with Gasteiger partial charge >= 0.3 is 0 Å². The van der Waals surface area contributed by atoms with Gasteiger partial charge in [-0.3, -0.25) is 25.8 Å².